The number of aromatic nitrogens is 2. The van der Waals surface area contributed by atoms with Crippen LogP contribution in [0.4, 0.5) is 5.69 Å². The first-order chi connectivity index (χ1) is 6.29. The van der Waals surface area contributed by atoms with Crippen molar-refractivity contribution in [3.8, 4) is 0 Å². The van der Waals surface area contributed by atoms with E-state index in [1.807, 2.05) is 25.4 Å². The van der Waals surface area contributed by atoms with Gasteiger partial charge in [-0.2, -0.15) is 5.10 Å². The Morgan fingerprint density at radius 2 is 2.38 bits per heavy atom. The van der Waals surface area contributed by atoms with Gasteiger partial charge in [-0.25, -0.2) is 0 Å². The lowest BCUT2D eigenvalue weighted by Gasteiger charge is -1.88. The molecule has 2 aromatic rings. The SMILES string of the molecule is Cn1cc2cc(N=[N+]=[N-])ccc2n1. The van der Waals surface area contributed by atoms with Gasteiger partial charge in [0.2, 0.25) is 0 Å². The van der Waals surface area contributed by atoms with Gasteiger partial charge in [0.1, 0.15) is 0 Å². The Balaban J connectivity index is 2.67. The molecule has 0 N–H and O–H groups in total. The van der Waals surface area contributed by atoms with Crippen molar-refractivity contribution in [1.29, 1.82) is 0 Å². The number of rotatable bonds is 1. The lowest BCUT2D eigenvalue weighted by Crippen LogP contribution is -1.84. The van der Waals surface area contributed by atoms with Crippen LogP contribution in [0.3, 0.4) is 0 Å². The van der Waals surface area contributed by atoms with E-state index in [9.17, 15) is 0 Å². The molecule has 0 aliphatic carbocycles. The number of benzene rings is 1. The van der Waals surface area contributed by atoms with Crippen LogP contribution < -0.4 is 0 Å². The number of hydrogen-bond acceptors (Lipinski definition) is 2. The second kappa shape index (κ2) is 2.80. The molecule has 0 aliphatic rings. The van der Waals surface area contributed by atoms with Crippen molar-refractivity contribution in [3.05, 3.63) is 34.8 Å². The number of nitrogens with zero attached hydrogens (tertiary/aromatic N) is 5. The van der Waals surface area contributed by atoms with Gasteiger partial charge in [-0.15, -0.1) is 0 Å². The highest BCUT2D eigenvalue weighted by Gasteiger charge is 1.97. The molecule has 1 heterocycles. The van der Waals surface area contributed by atoms with Crippen LogP contribution in [0, 0.1) is 0 Å². The molecule has 0 spiro atoms. The molecule has 1 aromatic heterocycles. The lowest BCUT2D eigenvalue weighted by atomic mass is 10.2. The maximum Gasteiger partial charge on any atom is 0.0923 e. The summed E-state index contributed by atoms with van der Waals surface area (Å²) in [6.45, 7) is 0. The Morgan fingerprint density at radius 1 is 1.54 bits per heavy atom. The Kier molecular flexibility index (Phi) is 1.65. The molecule has 13 heavy (non-hydrogen) atoms. The maximum absolute atomic E-state index is 8.23. The zero-order chi connectivity index (χ0) is 9.26. The first-order valence-corrected chi connectivity index (χ1v) is 3.78. The van der Waals surface area contributed by atoms with E-state index in [2.05, 4.69) is 15.1 Å². The molecule has 0 aliphatic heterocycles. The van der Waals surface area contributed by atoms with Crippen LogP contribution in [0.2, 0.25) is 0 Å². The predicted molar refractivity (Wildman–Crippen MR) is 49.5 cm³/mol. The summed E-state index contributed by atoms with van der Waals surface area (Å²) in [5, 5.41) is 8.68. The number of aryl methyl sites for hydroxylation is 1. The molecule has 0 radical (unpaired) electrons. The first kappa shape index (κ1) is 7.64. The van der Waals surface area contributed by atoms with E-state index >= 15 is 0 Å². The van der Waals surface area contributed by atoms with Crippen molar-refractivity contribution in [3.63, 3.8) is 0 Å². The van der Waals surface area contributed by atoms with Crippen LogP contribution >= 0.6 is 0 Å². The van der Waals surface area contributed by atoms with E-state index in [1.54, 1.807) is 10.7 Å². The van der Waals surface area contributed by atoms with Crippen molar-refractivity contribution in [2.75, 3.05) is 0 Å². The molecule has 0 saturated heterocycles. The molecule has 0 unspecified atom stereocenters. The molecular formula is C8H7N5. The fraction of sp³-hybridized carbons (Fsp3) is 0.125. The van der Waals surface area contributed by atoms with Gasteiger partial charge in [0.25, 0.3) is 0 Å². The Bertz CT molecular complexity index is 492. The van der Waals surface area contributed by atoms with Gasteiger partial charge in [-0.3, -0.25) is 4.68 Å². The van der Waals surface area contributed by atoms with Crippen molar-refractivity contribution in [2.24, 2.45) is 12.2 Å². The van der Waals surface area contributed by atoms with Gasteiger partial charge in [-0.05, 0) is 17.7 Å². The van der Waals surface area contributed by atoms with Gasteiger partial charge in [0.05, 0.1) is 5.52 Å². The summed E-state index contributed by atoms with van der Waals surface area (Å²) in [6.07, 6.45) is 1.88. The van der Waals surface area contributed by atoms with Crippen LogP contribution in [0.1, 0.15) is 0 Å². The summed E-state index contributed by atoms with van der Waals surface area (Å²) in [5.41, 5.74) is 9.75. The summed E-state index contributed by atoms with van der Waals surface area (Å²) >= 11 is 0. The maximum atomic E-state index is 8.23. The Hall–Kier alpha value is -2.00. The minimum atomic E-state index is 0.614. The highest BCUT2D eigenvalue weighted by molar-refractivity contribution is 5.81. The average molecular weight is 173 g/mol. The van der Waals surface area contributed by atoms with Crippen molar-refractivity contribution in [1.82, 2.24) is 9.78 Å². The molecule has 1 aromatic carbocycles. The molecule has 2 rings (SSSR count). The molecule has 64 valence electrons. The smallest absolute Gasteiger partial charge is 0.0923 e. The van der Waals surface area contributed by atoms with E-state index in [4.69, 9.17) is 5.53 Å². The molecule has 0 amide bonds. The molecule has 0 fully saturated rings. The van der Waals surface area contributed by atoms with Gasteiger partial charge in [-0.1, -0.05) is 11.2 Å². The predicted octanol–water partition coefficient (Wildman–Crippen LogP) is 2.52. The van der Waals surface area contributed by atoms with E-state index in [0.717, 1.165) is 10.9 Å². The van der Waals surface area contributed by atoms with Crippen LogP contribution in [0.15, 0.2) is 29.5 Å². The van der Waals surface area contributed by atoms with Crippen molar-refractivity contribution < 1.29 is 0 Å². The summed E-state index contributed by atoms with van der Waals surface area (Å²) in [5.74, 6) is 0. The van der Waals surface area contributed by atoms with Crippen molar-refractivity contribution >= 4 is 16.6 Å². The molecule has 5 nitrogen and oxygen atoms in total. The fourth-order valence-corrected chi connectivity index (χ4v) is 1.25. The number of hydrogen-bond donors (Lipinski definition) is 0. The van der Waals surface area contributed by atoms with Crippen LogP contribution in [0.5, 0.6) is 0 Å². The highest BCUT2D eigenvalue weighted by Crippen LogP contribution is 2.19. The van der Waals surface area contributed by atoms with Gasteiger partial charge >= 0.3 is 0 Å². The topological polar surface area (TPSA) is 66.6 Å². The van der Waals surface area contributed by atoms with E-state index in [0.29, 0.717) is 5.69 Å². The summed E-state index contributed by atoms with van der Waals surface area (Å²) < 4.78 is 1.73. The second-order valence-electron chi connectivity index (χ2n) is 2.74. The third kappa shape index (κ3) is 1.32. The minimum absolute atomic E-state index is 0.614. The number of azide groups is 1. The molecule has 5 heteroatoms. The average Bonchev–Trinajstić information content (AvgIpc) is 2.44. The largest absolute Gasteiger partial charge is 0.275 e. The van der Waals surface area contributed by atoms with Crippen LogP contribution in [0.25, 0.3) is 21.3 Å². The summed E-state index contributed by atoms with van der Waals surface area (Å²) in [4.78, 5) is 2.72. The zero-order valence-corrected chi connectivity index (χ0v) is 7.05. The van der Waals surface area contributed by atoms with Crippen molar-refractivity contribution in [2.45, 2.75) is 0 Å². The van der Waals surface area contributed by atoms with E-state index in [1.165, 1.54) is 0 Å². The molecular weight excluding hydrogens is 166 g/mol. The summed E-state index contributed by atoms with van der Waals surface area (Å²) in [7, 11) is 1.85. The second-order valence-corrected chi connectivity index (χ2v) is 2.74. The minimum Gasteiger partial charge on any atom is -0.275 e. The van der Waals surface area contributed by atoms with E-state index in [-0.39, 0.29) is 0 Å². The highest BCUT2D eigenvalue weighted by atomic mass is 15.2. The van der Waals surface area contributed by atoms with Gasteiger partial charge < -0.3 is 0 Å². The first-order valence-electron chi connectivity index (χ1n) is 3.78. The molecule has 0 bridgehead atoms. The fourth-order valence-electron chi connectivity index (χ4n) is 1.25. The zero-order valence-electron chi connectivity index (χ0n) is 7.05. The van der Waals surface area contributed by atoms with Gasteiger partial charge in [0.15, 0.2) is 0 Å². The summed E-state index contributed by atoms with van der Waals surface area (Å²) in [6, 6.07) is 5.39. The molecule has 0 saturated carbocycles. The number of fused-ring (bicyclic) bond motifs is 1. The Morgan fingerprint density at radius 3 is 3.15 bits per heavy atom. The quantitative estimate of drug-likeness (QED) is 0.371. The monoisotopic (exact) mass is 173 g/mol. The lowest BCUT2D eigenvalue weighted by molar-refractivity contribution is 0.780. The standard InChI is InChI=1S/C8H7N5/c1-13-5-6-4-7(10-12-9)2-3-8(6)11-13/h2-5H,1H3. The van der Waals surface area contributed by atoms with Crippen LogP contribution in [-0.4, -0.2) is 9.78 Å². The third-order valence-electron chi connectivity index (χ3n) is 1.76. The van der Waals surface area contributed by atoms with Crippen LogP contribution in [-0.2, 0) is 7.05 Å². The van der Waals surface area contributed by atoms with E-state index < -0.39 is 0 Å². The molecule has 0 atom stereocenters. The Labute approximate surface area is 74.2 Å². The normalized spacial score (nSPS) is 9.92. The third-order valence-corrected chi connectivity index (χ3v) is 1.76. The van der Waals surface area contributed by atoms with Gasteiger partial charge in [0, 0.05) is 29.2 Å².